The van der Waals surface area contributed by atoms with E-state index in [0.717, 1.165) is 10.4 Å². The van der Waals surface area contributed by atoms with E-state index in [1.807, 2.05) is 18.2 Å². The topological polar surface area (TPSA) is 55.1 Å². The lowest BCUT2D eigenvalue weighted by Gasteiger charge is -2.07. The van der Waals surface area contributed by atoms with Crippen LogP contribution in [-0.4, -0.2) is 20.0 Å². The molecule has 0 saturated carbocycles. The summed E-state index contributed by atoms with van der Waals surface area (Å²) in [5.74, 6) is -0.988. The van der Waals surface area contributed by atoms with Gasteiger partial charge in [-0.15, -0.1) is 0 Å². The number of halogens is 1. The lowest BCUT2D eigenvalue weighted by atomic mass is 10.4. The number of aromatic carboxylic acids is 1. The third-order valence-corrected chi connectivity index (χ3v) is 4.01. The van der Waals surface area contributed by atoms with Gasteiger partial charge in [-0.25, -0.2) is 4.79 Å². The highest BCUT2D eigenvalue weighted by molar-refractivity contribution is 7.98. The van der Waals surface area contributed by atoms with Crippen LogP contribution in [0.3, 0.4) is 0 Å². The molecule has 0 aliphatic rings. The Morgan fingerprint density at radius 1 is 1.25 bits per heavy atom. The molecule has 0 saturated heterocycles. The third-order valence-electron chi connectivity index (χ3n) is 2.74. The Kier molecular flexibility index (Phi) is 3.38. The van der Waals surface area contributed by atoms with Crippen molar-refractivity contribution >= 4 is 40.6 Å². The van der Waals surface area contributed by atoms with Crippen molar-refractivity contribution in [2.24, 2.45) is 0 Å². The number of pyridine rings is 1. The largest absolute Gasteiger partial charge is 0.477 e. The van der Waals surface area contributed by atoms with Crippen LogP contribution in [0.5, 0.6) is 0 Å². The molecule has 0 unspecified atom stereocenters. The maximum atomic E-state index is 11.4. The van der Waals surface area contributed by atoms with Crippen molar-refractivity contribution in [2.45, 2.75) is 4.90 Å². The second kappa shape index (κ2) is 5.19. The summed E-state index contributed by atoms with van der Waals surface area (Å²) >= 11 is 7.26. The van der Waals surface area contributed by atoms with Gasteiger partial charge in [-0.2, -0.15) is 0 Å². The first-order chi connectivity index (χ1) is 9.65. The van der Waals surface area contributed by atoms with Crippen molar-refractivity contribution in [3.63, 3.8) is 0 Å². The summed E-state index contributed by atoms with van der Waals surface area (Å²) in [6, 6.07) is 12.5. The zero-order valence-corrected chi connectivity index (χ0v) is 11.7. The van der Waals surface area contributed by atoms with Crippen molar-refractivity contribution in [2.75, 3.05) is 0 Å². The summed E-state index contributed by atoms with van der Waals surface area (Å²) in [5.41, 5.74) is 1.60. The van der Waals surface area contributed by atoms with Crippen molar-refractivity contribution in [1.82, 2.24) is 8.96 Å². The van der Waals surface area contributed by atoms with Gasteiger partial charge < -0.3 is 5.11 Å². The molecule has 3 aromatic rings. The summed E-state index contributed by atoms with van der Waals surface area (Å²) in [7, 11) is 0. The van der Waals surface area contributed by atoms with E-state index in [2.05, 4.69) is 4.98 Å². The van der Waals surface area contributed by atoms with Crippen LogP contribution >= 0.6 is 23.5 Å². The number of nitrogens with zero attached hydrogens (tertiary/aromatic N) is 2. The number of benzene rings is 1. The molecule has 0 aliphatic carbocycles. The van der Waals surface area contributed by atoms with Crippen LogP contribution in [-0.2, 0) is 0 Å². The monoisotopic (exact) mass is 304 g/mol. The Hall–Kier alpha value is -1.98. The average Bonchev–Trinajstić information content (AvgIpc) is 2.78. The van der Waals surface area contributed by atoms with Crippen LogP contribution in [0.1, 0.15) is 10.5 Å². The molecular formula is C14H9ClN2O2S. The third kappa shape index (κ3) is 2.37. The minimum atomic E-state index is -0.988. The Bertz CT molecular complexity index is 801. The van der Waals surface area contributed by atoms with Gasteiger partial charge in [0, 0.05) is 16.1 Å². The SMILES string of the molecule is O=C(O)c1cc2ncccc2n1Sc1cccc(Cl)c1. The van der Waals surface area contributed by atoms with E-state index in [0.29, 0.717) is 10.5 Å². The van der Waals surface area contributed by atoms with Gasteiger partial charge in [-0.3, -0.25) is 8.96 Å². The van der Waals surface area contributed by atoms with Gasteiger partial charge in [0.05, 0.1) is 11.0 Å². The number of fused-ring (bicyclic) bond motifs is 1. The van der Waals surface area contributed by atoms with Gasteiger partial charge in [-0.1, -0.05) is 17.7 Å². The van der Waals surface area contributed by atoms with Crippen LogP contribution in [0.2, 0.25) is 5.02 Å². The molecule has 3 rings (SSSR count). The highest BCUT2D eigenvalue weighted by Gasteiger charge is 2.16. The van der Waals surface area contributed by atoms with Gasteiger partial charge in [-0.05, 0) is 48.3 Å². The molecule has 20 heavy (non-hydrogen) atoms. The number of hydrogen-bond donors (Lipinski definition) is 1. The molecule has 0 fully saturated rings. The van der Waals surface area contributed by atoms with E-state index in [1.165, 1.54) is 11.9 Å². The molecule has 0 amide bonds. The van der Waals surface area contributed by atoms with Gasteiger partial charge in [0.2, 0.25) is 0 Å². The molecule has 0 bridgehead atoms. The second-order valence-electron chi connectivity index (χ2n) is 4.09. The van der Waals surface area contributed by atoms with Crippen molar-refractivity contribution < 1.29 is 9.90 Å². The molecule has 1 N–H and O–H groups in total. The molecule has 0 spiro atoms. The standard InChI is InChI=1S/C14H9ClN2O2S/c15-9-3-1-4-10(7-9)20-17-12-5-2-6-16-11(12)8-13(17)14(18)19/h1-8H,(H,18,19). The minimum Gasteiger partial charge on any atom is -0.477 e. The molecule has 0 radical (unpaired) electrons. The molecule has 0 atom stereocenters. The van der Waals surface area contributed by atoms with Crippen LogP contribution in [0.4, 0.5) is 0 Å². The molecule has 2 heterocycles. The van der Waals surface area contributed by atoms with Crippen molar-refractivity contribution in [3.05, 3.63) is 59.4 Å². The number of aromatic nitrogens is 2. The van der Waals surface area contributed by atoms with Gasteiger partial charge in [0.25, 0.3) is 0 Å². The molecule has 0 aliphatic heterocycles. The number of rotatable bonds is 3. The lowest BCUT2D eigenvalue weighted by molar-refractivity contribution is 0.0690. The summed E-state index contributed by atoms with van der Waals surface area (Å²) in [5, 5.41) is 9.92. The molecule has 6 heteroatoms. The smallest absolute Gasteiger partial charge is 0.353 e. The van der Waals surface area contributed by atoms with E-state index in [1.54, 1.807) is 34.4 Å². The highest BCUT2D eigenvalue weighted by Crippen LogP contribution is 2.30. The maximum Gasteiger partial charge on any atom is 0.353 e. The van der Waals surface area contributed by atoms with Crippen molar-refractivity contribution in [1.29, 1.82) is 0 Å². The Balaban J connectivity index is 2.14. The predicted molar refractivity (Wildman–Crippen MR) is 79.4 cm³/mol. The van der Waals surface area contributed by atoms with Crippen LogP contribution in [0.25, 0.3) is 11.0 Å². The first kappa shape index (κ1) is 13.0. The summed E-state index contributed by atoms with van der Waals surface area (Å²) in [6.07, 6.45) is 1.64. The maximum absolute atomic E-state index is 11.4. The Labute approximate surface area is 124 Å². The number of carboxylic acids is 1. The fraction of sp³-hybridized carbons (Fsp3) is 0. The van der Waals surface area contributed by atoms with Gasteiger partial charge in [0.15, 0.2) is 0 Å². The molecule has 2 aromatic heterocycles. The predicted octanol–water partition coefficient (Wildman–Crippen LogP) is 3.94. The number of carboxylic acid groups (broad SMARTS) is 1. The first-order valence-corrected chi connectivity index (χ1v) is 6.94. The second-order valence-corrected chi connectivity index (χ2v) is 5.54. The average molecular weight is 305 g/mol. The molecule has 4 nitrogen and oxygen atoms in total. The fourth-order valence-corrected chi connectivity index (χ4v) is 3.15. The number of carbonyl (C=O) groups is 1. The van der Waals surface area contributed by atoms with Crippen LogP contribution in [0.15, 0.2) is 53.6 Å². The summed E-state index contributed by atoms with van der Waals surface area (Å²) in [4.78, 5) is 16.4. The van der Waals surface area contributed by atoms with E-state index >= 15 is 0 Å². The fourth-order valence-electron chi connectivity index (χ4n) is 1.89. The molecular weight excluding hydrogens is 296 g/mol. The summed E-state index contributed by atoms with van der Waals surface area (Å²) < 4.78 is 1.65. The first-order valence-electron chi connectivity index (χ1n) is 5.79. The quantitative estimate of drug-likeness (QED) is 0.796. The Morgan fingerprint density at radius 3 is 2.85 bits per heavy atom. The number of hydrogen-bond acceptors (Lipinski definition) is 3. The summed E-state index contributed by atoms with van der Waals surface area (Å²) in [6.45, 7) is 0. The molecule has 1 aromatic carbocycles. The lowest BCUT2D eigenvalue weighted by Crippen LogP contribution is -2.02. The van der Waals surface area contributed by atoms with Crippen LogP contribution in [0, 0.1) is 0 Å². The Morgan fingerprint density at radius 2 is 2.10 bits per heavy atom. The molecule has 100 valence electrons. The van der Waals surface area contributed by atoms with Gasteiger partial charge in [0.1, 0.15) is 5.69 Å². The van der Waals surface area contributed by atoms with E-state index in [-0.39, 0.29) is 5.69 Å². The van der Waals surface area contributed by atoms with Gasteiger partial charge >= 0.3 is 5.97 Å². The van der Waals surface area contributed by atoms with Crippen LogP contribution < -0.4 is 0 Å². The zero-order valence-electron chi connectivity index (χ0n) is 10.2. The minimum absolute atomic E-state index is 0.184. The normalized spacial score (nSPS) is 10.8. The van der Waals surface area contributed by atoms with E-state index < -0.39 is 5.97 Å². The zero-order chi connectivity index (χ0) is 14.1. The van der Waals surface area contributed by atoms with E-state index in [9.17, 15) is 9.90 Å². The highest BCUT2D eigenvalue weighted by atomic mass is 35.5. The van der Waals surface area contributed by atoms with Crippen molar-refractivity contribution in [3.8, 4) is 0 Å². The van der Waals surface area contributed by atoms with E-state index in [4.69, 9.17) is 11.6 Å².